The summed E-state index contributed by atoms with van der Waals surface area (Å²) >= 11 is 3.47. The average molecular weight is 259 g/mol. The fourth-order valence-electron chi connectivity index (χ4n) is 1.31. The molecule has 0 saturated heterocycles. The van der Waals surface area contributed by atoms with E-state index in [4.69, 9.17) is 4.74 Å². The molecule has 1 rings (SSSR count). The highest BCUT2D eigenvalue weighted by atomic mass is 79.9. The van der Waals surface area contributed by atoms with E-state index in [0.29, 0.717) is 0 Å². The number of hydrogen-bond acceptors (Lipinski definition) is 2. The summed E-state index contributed by atoms with van der Waals surface area (Å²) < 4.78 is 5.23. The zero-order valence-corrected chi connectivity index (χ0v) is 10.3. The highest BCUT2D eigenvalue weighted by Crippen LogP contribution is 2.34. The summed E-state index contributed by atoms with van der Waals surface area (Å²) in [7, 11) is 1.61. The van der Waals surface area contributed by atoms with Crippen LogP contribution in [0.4, 0.5) is 0 Å². The van der Waals surface area contributed by atoms with E-state index in [9.17, 15) is 5.11 Å². The third kappa shape index (κ3) is 2.21. The van der Waals surface area contributed by atoms with Crippen molar-refractivity contribution in [2.75, 3.05) is 12.4 Å². The van der Waals surface area contributed by atoms with Crippen LogP contribution in [0.1, 0.15) is 19.4 Å². The number of benzene rings is 1. The van der Waals surface area contributed by atoms with Crippen molar-refractivity contribution in [3.8, 4) is 11.5 Å². The van der Waals surface area contributed by atoms with Gasteiger partial charge in [-0.3, -0.25) is 0 Å². The Kier molecular flexibility index (Phi) is 3.43. The minimum Gasteiger partial charge on any atom is -0.508 e. The van der Waals surface area contributed by atoms with E-state index >= 15 is 0 Å². The molecule has 1 N–H and O–H groups in total. The van der Waals surface area contributed by atoms with Crippen LogP contribution in [-0.4, -0.2) is 17.5 Å². The number of alkyl halides is 1. The van der Waals surface area contributed by atoms with E-state index in [1.807, 2.05) is 6.07 Å². The Hall–Kier alpha value is -0.700. The molecule has 0 amide bonds. The second-order valence-corrected chi connectivity index (χ2v) is 4.46. The maximum absolute atomic E-state index is 9.32. The van der Waals surface area contributed by atoms with Crippen LogP contribution in [0.3, 0.4) is 0 Å². The summed E-state index contributed by atoms with van der Waals surface area (Å²) in [6, 6.07) is 5.22. The first kappa shape index (κ1) is 11.4. The normalized spacial score (nSPS) is 11.4. The van der Waals surface area contributed by atoms with Crippen molar-refractivity contribution in [1.29, 1.82) is 0 Å². The molecule has 0 aromatic heterocycles. The molecule has 0 atom stereocenters. The van der Waals surface area contributed by atoms with Gasteiger partial charge in [-0.15, -0.1) is 0 Å². The number of phenolic OH excluding ortho intramolecular Hbond substituents is 1. The first-order valence-corrected chi connectivity index (χ1v) is 5.57. The van der Waals surface area contributed by atoms with Gasteiger partial charge in [0, 0.05) is 22.4 Å². The monoisotopic (exact) mass is 258 g/mol. The molecule has 0 spiro atoms. The quantitative estimate of drug-likeness (QED) is 0.845. The van der Waals surface area contributed by atoms with Gasteiger partial charge in [-0.25, -0.2) is 0 Å². The van der Waals surface area contributed by atoms with Crippen LogP contribution in [0.5, 0.6) is 11.5 Å². The molecule has 0 aliphatic carbocycles. The molecule has 2 nitrogen and oxygen atoms in total. The summed E-state index contributed by atoms with van der Waals surface area (Å²) in [5.41, 5.74) is 1.09. The Bertz CT molecular complexity index is 321. The molecule has 78 valence electrons. The number of methoxy groups -OCH3 is 1. The van der Waals surface area contributed by atoms with Crippen LogP contribution < -0.4 is 4.74 Å². The fraction of sp³-hybridized carbons (Fsp3) is 0.455. The Morgan fingerprint density at radius 1 is 1.43 bits per heavy atom. The standard InChI is InChI=1S/C11H15BrO2/c1-11(2,7-12)9-5-4-8(13)6-10(9)14-3/h4-6,13H,7H2,1-3H3. The van der Waals surface area contributed by atoms with Crippen molar-refractivity contribution in [3.63, 3.8) is 0 Å². The number of hydrogen-bond donors (Lipinski definition) is 1. The number of aromatic hydroxyl groups is 1. The third-order valence-corrected chi connectivity index (χ3v) is 3.65. The summed E-state index contributed by atoms with van der Waals surface area (Å²) in [6.07, 6.45) is 0. The zero-order chi connectivity index (χ0) is 10.8. The van der Waals surface area contributed by atoms with Gasteiger partial charge in [-0.2, -0.15) is 0 Å². The molecule has 1 aromatic carbocycles. The van der Waals surface area contributed by atoms with Crippen molar-refractivity contribution in [2.24, 2.45) is 0 Å². The largest absolute Gasteiger partial charge is 0.508 e. The van der Waals surface area contributed by atoms with Crippen molar-refractivity contribution in [3.05, 3.63) is 23.8 Å². The van der Waals surface area contributed by atoms with Gasteiger partial charge in [-0.05, 0) is 6.07 Å². The van der Waals surface area contributed by atoms with Crippen LogP contribution in [0.15, 0.2) is 18.2 Å². The predicted octanol–water partition coefficient (Wildman–Crippen LogP) is 3.07. The molecule has 14 heavy (non-hydrogen) atoms. The molecule has 0 saturated carbocycles. The van der Waals surface area contributed by atoms with Crippen LogP contribution in [-0.2, 0) is 5.41 Å². The first-order valence-electron chi connectivity index (χ1n) is 4.44. The van der Waals surface area contributed by atoms with Crippen molar-refractivity contribution in [1.82, 2.24) is 0 Å². The molecule has 0 fully saturated rings. The SMILES string of the molecule is COc1cc(O)ccc1C(C)(C)CBr. The third-order valence-electron chi connectivity index (χ3n) is 2.25. The van der Waals surface area contributed by atoms with Gasteiger partial charge in [-0.1, -0.05) is 35.8 Å². The van der Waals surface area contributed by atoms with Gasteiger partial charge in [0.25, 0.3) is 0 Å². The maximum Gasteiger partial charge on any atom is 0.126 e. The number of halogens is 1. The lowest BCUT2D eigenvalue weighted by molar-refractivity contribution is 0.392. The Morgan fingerprint density at radius 2 is 2.07 bits per heavy atom. The van der Waals surface area contributed by atoms with Gasteiger partial charge in [0.1, 0.15) is 11.5 Å². The minimum absolute atomic E-state index is 0.000949. The van der Waals surface area contributed by atoms with Crippen molar-refractivity contribution >= 4 is 15.9 Å². The zero-order valence-electron chi connectivity index (χ0n) is 8.67. The number of rotatable bonds is 3. The highest BCUT2D eigenvalue weighted by Gasteiger charge is 2.23. The molecular weight excluding hydrogens is 244 g/mol. The summed E-state index contributed by atoms with van der Waals surface area (Å²) in [4.78, 5) is 0. The molecule has 0 radical (unpaired) electrons. The van der Waals surface area contributed by atoms with E-state index < -0.39 is 0 Å². The smallest absolute Gasteiger partial charge is 0.126 e. The van der Waals surface area contributed by atoms with E-state index in [0.717, 1.165) is 16.6 Å². The summed E-state index contributed by atoms with van der Waals surface area (Å²) in [5, 5.41) is 10.2. The van der Waals surface area contributed by atoms with E-state index in [-0.39, 0.29) is 11.2 Å². The second-order valence-electron chi connectivity index (χ2n) is 3.90. The van der Waals surface area contributed by atoms with E-state index in [1.165, 1.54) is 0 Å². The van der Waals surface area contributed by atoms with Crippen LogP contribution >= 0.6 is 15.9 Å². The van der Waals surface area contributed by atoms with Crippen LogP contribution in [0, 0.1) is 0 Å². The molecule has 3 heteroatoms. The molecular formula is C11H15BrO2. The van der Waals surface area contributed by atoms with Gasteiger partial charge in [0.05, 0.1) is 7.11 Å². The van der Waals surface area contributed by atoms with Crippen molar-refractivity contribution < 1.29 is 9.84 Å². The number of ether oxygens (including phenoxy) is 1. The predicted molar refractivity (Wildman–Crippen MR) is 61.5 cm³/mol. The molecule has 0 unspecified atom stereocenters. The second kappa shape index (κ2) is 4.22. The first-order chi connectivity index (χ1) is 6.51. The summed E-state index contributed by atoms with van der Waals surface area (Å²) in [5.74, 6) is 0.963. The Balaban J connectivity index is 3.20. The highest BCUT2D eigenvalue weighted by molar-refractivity contribution is 9.09. The van der Waals surface area contributed by atoms with Gasteiger partial charge >= 0.3 is 0 Å². The lowest BCUT2D eigenvalue weighted by Crippen LogP contribution is -2.19. The summed E-state index contributed by atoms with van der Waals surface area (Å²) in [6.45, 7) is 4.24. The van der Waals surface area contributed by atoms with Gasteiger partial charge in [0.15, 0.2) is 0 Å². The Morgan fingerprint density at radius 3 is 2.57 bits per heavy atom. The molecule has 0 heterocycles. The minimum atomic E-state index is -0.000949. The molecule has 0 aliphatic rings. The molecule has 0 aliphatic heterocycles. The van der Waals surface area contributed by atoms with Gasteiger partial charge in [0.2, 0.25) is 0 Å². The molecule has 0 bridgehead atoms. The Labute approximate surface area is 93.0 Å². The lowest BCUT2D eigenvalue weighted by atomic mass is 9.86. The van der Waals surface area contributed by atoms with Crippen LogP contribution in [0.25, 0.3) is 0 Å². The average Bonchev–Trinajstić information content (AvgIpc) is 2.17. The number of phenols is 1. The van der Waals surface area contributed by atoms with Crippen molar-refractivity contribution in [2.45, 2.75) is 19.3 Å². The topological polar surface area (TPSA) is 29.5 Å². The fourth-order valence-corrected chi connectivity index (χ4v) is 1.61. The lowest BCUT2D eigenvalue weighted by Gasteiger charge is -2.24. The van der Waals surface area contributed by atoms with Crippen LogP contribution in [0.2, 0.25) is 0 Å². The van der Waals surface area contributed by atoms with E-state index in [2.05, 4.69) is 29.8 Å². The molecule has 1 aromatic rings. The van der Waals surface area contributed by atoms with Gasteiger partial charge < -0.3 is 9.84 Å². The maximum atomic E-state index is 9.32. The van der Waals surface area contributed by atoms with E-state index in [1.54, 1.807) is 19.2 Å².